The third kappa shape index (κ3) is 6.23. The van der Waals surface area contributed by atoms with Crippen LogP contribution in [-0.4, -0.2) is 45.8 Å². The summed E-state index contributed by atoms with van der Waals surface area (Å²) in [7, 11) is 1.51. The van der Waals surface area contributed by atoms with Crippen molar-refractivity contribution in [3.63, 3.8) is 0 Å². The number of aromatic nitrogens is 1. The SMILES string of the molecule is CCN(Cc1cc(-c2cc(OC)ncc2F)ccc1C1CCc2ccc([C@H](O)[C@H](C)C(=O)O)cc2O1)C(C)C. The van der Waals surface area contributed by atoms with Gasteiger partial charge in [-0.25, -0.2) is 9.37 Å². The van der Waals surface area contributed by atoms with E-state index in [1.807, 2.05) is 24.3 Å². The maximum atomic E-state index is 14.8. The molecule has 0 saturated heterocycles. The van der Waals surface area contributed by atoms with Crippen molar-refractivity contribution in [3.8, 4) is 22.8 Å². The summed E-state index contributed by atoms with van der Waals surface area (Å²) in [4.78, 5) is 17.7. The molecule has 3 aromatic rings. The zero-order valence-electron chi connectivity index (χ0n) is 23.1. The molecule has 2 heterocycles. The van der Waals surface area contributed by atoms with Crippen molar-refractivity contribution in [1.29, 1.82) is 0 Å². The minimum absolute atomic E-state index is 0.242. The second-order valence-corrected chi connectivity index (χ2v) is 10.4. The van der Waals surface area contributed by atoms with Gasteiger partial charge >= 0.3 is 5.97 Å². The molecule has 1 aliphatic rings. The van der Waals surface area contributed by atoms with Gasteiger partial charge in [0, 0.05) is 24.2 Å². The molecule has 2 aromatic carbocycles. The van der Waals surface area contributed by atoms with E-state index < -0.39 is 23.8 Å². The largest absolute Gasteiger partial charge is 0.485 e. The van der Waals surface area contributed by atoms with Gasteiger partial charge in [-0.3, -0.25) is 9.69 Å². The van der Waals surface area contributed by atoms with Crippen molar-refractivity contribution in [3.05, 3.63) is 76.7 Å². The van der Waals surface area contributed by atoms with Crippen molar-refractivity contribution < 1.29 is 28.9 Å². The molecule has 0 saturated carbocycles. The molecule has 1 aliphatic heterocycles. The predicted molar refractivity (Wildman–Crippen MR) is 147 cm³/mol. The Bertz CT molecular complexity index is 1330. The number of methoxy groups -OCH3 is 1. The van der Waals surface area contributed by atoms with Crippen molar-refractivity contribution in [2.24, 2.45) is 5.92 Å². The predicted octanol–water partition coefficient (Wildman–Crippen LogP) is 5.95. The van der Waals surface area contributed by atoms with Crippen LogP contribution in [0.4, 0.5) is 4.39 Å². The van der Waals surface area contributed by atoms with Crippen LogP contribution in [-0.2, 0) is 17.8 Å². The summed E-state index contributed by atoms with van der Waals surface area (Å²) in [5, 5.41) is 19.9. The van der Waals surface area contributed by atoms with Crippen molar-refractivity contribution in [1.82, 2.24) is 9.88 Å². The number of hydrogen-bond donors (Lipinski definition) is 2. The average Bonchev–Trinajstić information content (AvgIpc) is 2.94. The zero-order chi connectivity index (χ0) is 28.3. The van der Waals surface area contributed by atoms with Gasteiger partial charge in [-0.15, -0.1) is 0 Å². The number of carboxylic acid groups (broad SMARTS) is 1. The van der Waals surface area contributed by atoms with Crippen LogP contribution < -0.4 is 9.47 Å². The highest BCUT2D eigenvalue weighted by Gasteiger charge is 2.28. The molecule has 4 rings (SSSR count). The first-order valence-corrected chi connectivity index (χ1v) is 13.4. The number of hydrogen-bond acceptors (Lipinski definition) is 6. The molecule has 7 nitrogen and oxygen atoms in total. The standard InChI is InChI=1S/C31H37FN2O5/c1-6-34(18(2)3)17-23-13-21(25-15-29(38-5)33-16-26(25)32)9-11-24(23)27-12-10-20-7-8-22(14-28(20)39-27)30(35)19(4)31(36)37/h7-9,11,13-16,18-19,27,30,35H,6,10,12,17H2,1-5H3,(H,36,37)/t19-,27?,30+/m0/s1. The average molecular weight is 537 g/mol. The number of ether oxygens (including phenoxy) is 2. The van der Waals surface area contributed by atoms with Crippen LogP contribution in [0.3, 0.4) is 0 Å². The summed E-state index contributed by atoms with van der Waals surface area (Å²) in [6.45, 7) is 9.44. The van der Waals surface area contributed by atoms with Crippen LogP contribution >= 0.6 is 0 Å². The number of aliphatic carboxylic acids is 1. The van der Waals surface area contributed by atoms with E-state index in [4.69, 9.17) is 9.47 Å². The Balaban J connectivity index is 1.71. The molecule has 0 amide bonds. The number of pyridine rings is 1. The molecular weight excluding hydrogens is 499 g/mol. The first-order chi connectivity index (χ1) is 18.6. The third-order valence-corrected chi connectivity index (χ3v) is 7.59. The Morgan fingerprint density at radius 2 is 1.97 bits per heavy atom. The lowest BCUT2D eigenvalue weighted by Gasteiger charge is -2.31. The Morgan fingerprint density at radius 3 is 2.64 bits per heavy atom. The van der Waals surface area contributed by atoms with E-state index in [0.717, 1.165) is 41.6 Å². The van der Waals surface area contributed by atoms with E-state index >= 15 is 0 Å². The van der Waals surface area contributed by atoms with E-state index in [1.54, 1.807) is 18.2 Å². The van der Waals surface area contributed by atoms with Gasteiger partial charge in [0.15, 0.2) is 0 Å². The maximum Gasteiger partial charge on any atom is 0.309 e. The molecule has 0 radical (unpaired) electrons. The lowest BCUT2D eigenvalue weighted by Crippen LogP contribution is -2.31. The fourth-order valence-electron chi connectivity index (χ4n) is 5.07. The molecule has 1 aromatic heterocycles. The van der Waals surface area contributed by atoms with Crippen LogP contribution in [0.2, 0.25) is 0 Å². The van der Waals surface area contributed by atoms with Gasteiger partial charge < -0.3 is 19.7 Å². The van der Waals surface area contributed by atoms with Crippen LogP contribution in [0.15, 0.2) is 48.7 Å². The number of benzene rings is 2. The van der Waals surface area contributed by atoms with Gasteiger partial charge in [0.05, 0.1) is 25.3 Å². The molecule has 2 N–H and O–H groups in total. The Hall–Kier alpha value is -3.49. The summed E-state index contributed by atoms with van der Waals surface area (Å²) in [6, 6.07) is 13.3. The van der Waals surface area contributed by atoms with E-state index in [9.17, 15) is 19.4 Å². The van der Waals surface area contributed by atoms with Crippen molar-refractivity contribution >= 4 is 5.97 Å². The zero-order valence-corrected chi connectivity index (χ0v) is 23.1. The van der Waals surface area contributed by atoms with E-state index in [0.29, 0.717) is 35.3 Å². The van der Waals surface area contributed by atoms with Crippen LogP contribution in [0.1, 0.15) is 68.6 Å². The highest BCUT2D eigenvalue weighted by atomic mass is 19.1. The number of nitrogens with zero attached hydrogens (tertiary/aromatic N) is 2. The van der Waals surface area contributed by atoms with Gasteiger partial charge in [-0.05, 0) is 80.1 Å². The van der Waals surface area contributed by atoms with Gasteiger partial charge in [-0.2, -0.15) is 0 Å². The number of halogens is 1. The summed E-state index contributed by atoms with van der Waals surface area (Å²) in [6.07, 6.45) is 1.34. The van der Waals surface area contributed by atoms with E-state index in [2.05, 4.69) is 30.7 Å². The minimum Gasteiger partial charge on any atom is -0.485 e. The number of aryl methyl sites for hydroxylation is 1. The smallest absolute Gasteiger partial charge is 0.309 e. The molecular formula is C31H37FN2O5. The molecule has 208 valence electrons. The molecule has 8 heteroatoms. The normalized spacial score (nSPS) is 16.5. The maximum absolute atomic E-state index is 14.8. The molecule has 0 fully saturated rings. The molecule has 0 aliphatic carbocycles. The van der Waals surface area contributed by atoms with Crippen LogP contribution in [0, 0.1) is 11.7 Å². The second kappa shape index (κ2) is 12.1. The van der Waals surface area contributed by atoms with Crippen LogP contribution in [0.5, 0.6) is 11.6 Å². The Kier molecular flexibility index (Phi) is 8.87. The lowest BCUT2D eigenvalue weighted by molar-refractivity contribution is -0.145. The summed E-state index contributed by atoms with van der Waals surface area (Å²) in [5.74, 6) is -1.42. The summed E-state index contributed by atoms with van der Waals surface area (Å²) in [5.41, 5.74) is 4.75. The van der Waals surface area contributed by atoms with Gasteiger partial charge in [-0.1, -0.05) is 31.2 Å². The second-order valence-electron chi connectivity index (χ2n) is 10.4. The molecule has 0 bridgehead atoms. The molecule has 39 heavy (non-hydrogen) atoms. The third-order valence-electron chi connectivity index (χ3n) is 7.59. The van der Waals surface area contributed by atoms with Crippen molar-refractivity contribution in [2.75, 3.05) is 13.7 Å². The Morgan fingerprint density at radius 1 is 1.21 bits per heavy atom. The van der Waals surface area contributed by atoms with Crippen LogP contribution in [0.25, 0.3) is 11.1 Å². The molecule has 1 unspecified atom stereocenters. The minimum atomic E-state index is -1.14. The number of aliphatic hydroxyl groups is 1. The fourth-order valence-corrected chi connectivity index (χ4v) is 5.07. The van der Waals surface area contributed by atoms with E-state index in [-0.39, 0.29) is 6.10 Å². The molecule has 0 spiro atoms. The van der Waals surface area contributed by atoms with E-state index in [1.165, 1.54) is 20.2 Å². The first-order valence-electron chi connectivity index (χ1n) is 13.4. The lowest BCUT2D eigenvalue weighted by atomic mass is 9.90. The summed E-state index contributed by atoms with van der Waals surface area (Å²) < 4.78 is 26.5. The number of aliphatic hydroxyl groups excluding tert-OH is 1. The van der Waals surface area contributed by atoms with Gasteiger partial charge in [0.1, 0.15) is 17.7 Å². The van der Waals surface area contributed by atoms with Gasteiger partial charge in [0.25, 0.3) is 0 Å². The van der Waals surface area contributed by atoms with Crippen molar-refractivity contribution in [2.45, 2.75) is 65.3 Å². The molecule has 3 atom stereocenters. The number of carbonyl (C=O) groups is 1. The van der Waals surface area contributed by atoms with Gasteiger partial charge in [0.2, 0.25) is 5.88 Å². The highest BCUT2D eigenvalue weighted by Crippen LogP contribution is 2.40. The Labute approximate surface area is 229 Å². The topological polar surface area (TPSA) is 92.1 Å². The fraction of sp³-hybridized carbons (Fsp3) is 0.419. The highest BCUT2D eigenvalue weighted by molar-refractivity contribution is 5.70. The summed E-state index contributed by atoms with van der Waals surface area (Å²) >= 11 is 0. The first kappa shape index (κ1) is 28.5. The number of carboxylic acids is 1. The number of rotatable bonds is 10. The number of fused-ring (bicyclic) bond motifs is 1. The monoisotopic (exact) mass is 536 g/mol. The quantitative estimate of drug-likeness (QED) is 0.331.